The summed E-state index contributed by atoms with van der Waals surface area (Å²) in [6.45, 7) is 6.71. The van der Waals surface area contributed by atoms with E-state index in [4.69, 9.17) is 10.7 Å². The van der Waals surface area contributed by atoms with Crippen molar-refractivity contribution >= 4 is 29.3 Å². The smallest absolute Gasteiger partial charge is 0.320 e. The van der Waals surface area contributed by atoms with Crippen molar-refractivity contribution in [2.24, 2.45) is 5.73 Å². The fourth-order valence-electron chi connectivity index (χ4n) is 6.39. The second kappa shape index (κ2) is 9.41. The molecule has 0 bridgehead atoms. The Morgan fingerprint density at radius 2 is 1.89 bits per heavy atom. The zero-order chi connectivity index (χ0) is 26.5. The van der Waals surface area contributed by atoms with Crippen LogP contribution in [0.5, 0.6) is 0 Å². The van der Waals surface area contributed by atoms with E-state index in [0.717, 1.165) is 70.4 Å². The quantitative estimate of drug-likeness (QED) is 0.538. The van der Waals surface area contributed by atoms with E-state index in [9.17, 15) is 9.59 Å². The topological polar surface area (TPSA) is 120 Å². The highest BCUT2D eigenvalue weighted by molar-refractivity contribution is 5.96. The van der Waals surface area contributed by atoms with Crippen molar-refractivity contribution < 1.29 is 9.59 Å². The van der Waals surface area contributed by atoms with Crippen LogP contribution < -0.4 is 21.3 Å². The number of urea groups is 1. The zero-order valence-corrected chi connectivity index (χ0v) is 22.4. The first-order valence-electron chi connectivity index (χ1n) is 13.8. The number of carbonyl (C=O) groups is 2. The molecule has 1 spiro atoms. The number of likely N-dealkylation sites (N-methyl/N-ethyl adjacent to an activating group) is 1. The molecule has 1 aromatic heterocycles. The average Bonchev–Trinajstić information content (AvgIpc) is 3.67. The summed E-state index contributed by atoms with van der Waals surface area (Å²) in [5, 5.41) is 6.72. The maximum atomic E-state index is 13.0. The number of anilines is 3. The van der Waals surface area contributed by atoms with E-state index in [1.54, 1.807) is 6.20 Å². The van der Waals surface area contributed by atoms with Gasteiger partial charge in [-0.1, -0.05) is 19.1 Å². The summed E-state index contributed by atoms with van der Waals surface area (Å²) in [5.74, 6) is 0.413. The number of benzene rings is 1. The van der Waals surface area contributed by atoms with Gasteiger partial charge in [0, 0.05) is 32.4 Å². The van der Waals surface area contributed by atoms with Crippen LogP contribution in [0.2, 0.25) is 0 Å². The minimum absolute atomic E-state index is 0.0558. The molecule has 3 amide bonds. The number of nitrogens with two attached hydrogens (primary N) is 1. The Morgan fingerprint density at radius 1 is 1.16 bits per heavy atom. The lowest BCUT2D eigenvalue weighted by Gasteiger charge is -2.37. The highest BCUT2D eigenvalue weighted by Gasteiger charge is 2.57. The Labute approximate surface area is 224 Å². The van der Waals surface area contributed by atoms with Gasteiger partial charge in [-0.05, 0) is 74.7 Å². The summed E-state index contributed by atoms with van der Waals surface area (Å²) >= 11 is 0. The summed E-state index contributed by atoms with van der Waals surface area (Å²) in [7, 11) is 1.93. The fraction of sp³-hybridized carbons (Fsp3) is 0.571. The molecule has 4 aliphatic rings. The van der Waals surface area contributed by atoms with Crippen molar-refractivity contribution in [3.8, 4) is 0 Å². The Balaban J connectivity index is 1.20. The average molecular weight is 519 g/mol. The maximum absolute atomic E-state index is 13.0. The van der Waals surface area contributed by atoms with Crippen LogP contribution in [0.4, 0.5) is 22.1 Å². The molecule has 202 valence electrons. The van der Waals surface area contributed by atoms with Crippen LogP contribution in [-0.2, 0) is 5.41 Å². The molecule has 2 aromatic rings. The van der Waals surface area contributed by atoms with Crippen molar-refractivity contribution in [2.75, 3.05) is 50.0 Å². The fourth-order valence-corrected chi connectivity index (χ4v) is 6.39. The zero-order valence-electron chi connectivity index (χ0n) is 22.4. The van der Waals surface area contributed by atoms with Gasteiger partial charge in [0.05, 0.1) is 17.8 Å². The van der Waals surface area contributed by atoms with Crippen LogP contribution in [0.25, 0.3) is 0 Å². The molecule has 10 nitrogen and oxygen atoms in total. The van der Waals surface area contributed by atoms with Crippen LogP contribution in [-0.4, -0.2) is 83.1 Å². The lowest BCUT2D eigenvalue weighted by Crippen LogP contribution is -2.49. The highest BCUT2D eigenvalue weighted by atomic mass is 16.2. The number of primary amides is 1. The molecular formula is C28H38N8O2. The third kappa shape index (κ3) is 4.44. The summed E-state index contributed by atoms with van der Waals surface area (Å²) in [5.41, 5.74) is 8.13. The van der Waals surface area contributed by atoms with Crippen LogP contribution in [0.15, 0.2) is 30.5 Å². The number of nitrogens with one attached hydrogen (secondary N) is 2. The van der Waals surface area contributed by atoms with E-state index in [1.807, 2.05) is 29.0 Å². The molecule has 4 fully saturated rings. The molecule has 1 aliphatic carbocycles. The number of nitrogens with zero attached hydrogens (tertiary/aromatic N) is 5. The van der Waals surface area contributed by atoms with Crippen LogP contribution in [0.1, 0.15) is 61.5 Å². The molecule has 1 atom stereocenters. The van der Waals surface area contributed by atoms with Gasteiger partial charge in [0.25, 0.3) is 5.91 Å². The summed E-state index contributed by atoms with van der Waals surface area (Å²) in [6.07, 6.45) is 7.96. The summed E-state index contributed by atoms with van der Waals surface area (Å²) in [6, 6.07) is 8.64. The lowest BCUT2D eigenvalue weighted by molar-refractivity contribution is 0.0996. The largest absolute Gasteiger partial charge is 0.364 e. The molecule has 1 aromatic carbocycles. The highest BCUT2D eigenvalue weighted by Crippen LogP contribution is 2.47. The summed E-state index contributed by atoms with van der Waals surface area (Å²) in [4.78, 5) is 40.5. The normalized spacial score (nSPS) is 24.1. The third-order valence-corrected chi connectivity index (χ3v) is 9.24. The first-order valence-corrected chi connectivity index (χ1v) is 13.8. The van der Waals surface area contributed by atoms with Crippen LogP contribution in [0, 0.1) is 0 Å². The Bertz CT molecular complexity index is 1220. The SMILES string of the molecule is CN1C(=O)N(C2CCCN(c3cnc(C(N)=O)c(Nc4ccc(C5(C)CCNCC5)cc4)n3)C2)CC12CC2. The van der Waals surface area contributed by atoms with Gasteiger partial charge in [0.15, 0.2) is 11.5 Å². The molecule has 0 radical (unpaired) electrons. The second-order valence-electron chi connectivity index (χ2n) is 11.7. The number of hydrogen-bond donors (Lipinski definition) is 3. The van der Waals surface area contributed by atoms with E-state index in [2.05, 4.69) is 39.6 Å². The number of hydrogen-bond acceptors (Lipinski definition) is 7. The minimum Gasteiger partial charge on any atom is -0.364 e. The third-order valence-electron chi connectivity index (χ3n) is 9.24. The standard InChI is InChI=1S/C28H38N8O2/c1-27(11-13-30-14-12-27)19-5-7-20(8-6-19)32-25-23(24(29)37)31-16-22(33-25)35-15-3-4-21(17-35)36-18-28(9-10-28)34(2)26(36)38/h5-8,16,21,30H,3-4,9-15,17-18H2,1-2H3,(H2,29,37)(H,32,33). The van der Waals surface area contributed by atoms with E-state index in [-0.39, 0.29) is 28.7 Å². The number of carbonyl (C=O) groups excluding carboxylic acids is 2. The van der Waals surface area contributed by atoms with Crippen molar-refractivity contribution in [1.29, 1.82) is 0 Å². The molecule has 6 rings (SSSR count). The molecule has 1 saturated carbocycles. The van der Waals surface area contributed by atoms with Crippen LogP contribution >= 0.6 is 0 Å². The molecule has 3 saturated heterocycles. The van der Waals surface area contributed by atoms with E-state index < -0.39 is 5.91 Å². The molecule has 38 heavy (non-hydrogen) atoms. The molecule has 10 heteroatoms. The lowest BCUT2D eigenvalue weighted by atomic mass is 9.75. The molecule has 1 unspecified atom stereocenters. The minimum atomic E-state index is -0.623. The van der Waals surface area contributed by atoms with Gasteiger partial charge in [0.2, 0.25) is 0 Å². The monoisotopic (exact) mass is 518 g/mol. The molecule has 4 heterocycles. The van der Waals surface area contributed by atoms with Gasteiger partial charge in [-0.15, -0.1) is 0 Å². The second-order valence-corrected chi connectivity index (χ2v) is 11.7. The van der Waals surface area contributed by atoms with Crippen molar-refractivity contribution in [3.63, 3.8) is 0 Å². The Morgan fingerprint density at radius 3 is 2.55 bits per heavy atom. The van der Waals surface area contributed by atoms with Gasteiger partial charge in [-0.3, -0.25) is 4.79 Å². The first kappa shape index (κ1) is 24.9. The molecule has 4 N–H and O–H groups in total. The predicted octanol–water partition coefficient (Wildman–Crippen LogP) is 2.83. The Hall–Kier alpha value is -3.40. The van der Waals surface area contributed by atoms with Crippen molar-refractivity contribution in [3.05, 3.63) is 41.7 Å². The Kier molecular flexibility index (Phi) is 6.17. The number of amides is 3. The van der Waals surface area contributed by atoms with Crippen molar-refractivity contribution in [1.82, 2.24) is 25.1 Å². The van der Waals surface area contributed by atoms with Gasteiger partial charge in [0.1, 0.15) is 5.82 Å². The van der Waals surface area contributed by atoms with Gasteiger partial charge < -0.3 is 31.1 Å². The summed E-state index contributed by atoms with van der Waals surface area (Å²) < 4.78 is 0. The molecular weight excluding hydrogens is 480 g/mol. The predicted molar refractivity (Wildman–Crippen MR) is 147 cm³/mol. The van der Waals surface area contributed by atoms with E-state index in [0.29, 0.717) is 18.2 Å². The van der Waals surface area contributed by atoms with Gasteiger partial charge >= 0.3 is 6.03 Å². The first-order chi connectivity index (χ1) is 18.3. The van der Waals surface area contributed by atoms with E-state index >= 15 is 0 Å². The van der Waals surface area contributed by atoms with Crippen molar-refractivity contribution in [2.45, 2.75) is 62.4 Å². The van der Waals surface area contributed by atoms with Gasteiger partial charge in [-0.2, -0.15) is 0 Å². The van der Waals surface area contributed by atoms with Crippen LogP contribution in [0.3, 0.4) is 0 Å². The van der Waals surface area contributed by atoms with E-state index in [1.165, 1.54) is 5.56 Å². The maximum Gasteiger partial charge on any atom is 0.320 e. The number of piperidine rings is 2. The van der Waals surface area contributed by atoms with Gasteiger partial charge in [-0.25, -0.2) is 14.8 Å². The molecule has 3 aliphatic heterocycles. The number of aromatic nitrogens is 2. The number of rotatable bonds is 6.